The van der Waals surface area contributed by atoms with Crippen molar-refractivity contribution in [2.24, 2.45) is 17.6 Å². The van der Waals surface area contributed by atoms with Crippen LogP contribution in [-0.4, -0.2) is 29.9 Å². The van der Waals surface area contributed by atoms with Crippen LogP contribution in [0.5, 0.6) is 0 Å². The van der Waals surface area contributed by atoms with Gasteiger partial charge in [0.25, 0.3) is 0 Å². The normalized spacial score (nSPS) is 23.6. The molecular formula is C14H28N2O. The number of hydrogen-bond acceptors (Lipinski definition) is 2. The Morgan fingerprint density at radius 1 is 1.35 bits per heavy atom. The fourth-order valence-corrected chi connectivity index (χ4v) is 2.70. The van der Waals surface area contributed by atoms with E-state index >= 15 is 0 Å². The van der Waals surface area contributed by atoms with E-state index in [1.807, 2.05) is 0 Å². The summed E-state index contributed by atoms with van der Waals surface area (Å²) < 4.78 is 0. The van der Waals surface area contributed by atoms with Crippen molar-refractivity contribution >= 4 is 5.91 Å². The smallest absolute Gasteiger partial charge is 0.227 e. The number of likely N-dealkylation sites (tertiary alicyclic amines) is 1. The quantitative estimate of drug-likeness (QED) is 0.820. The van der Waals surface area contributed by atoms with Crippen LogP contribution in [0.4, 0.5) is 0 Å². The van der Waals surface area contributed by atoms with E-state index in [2.05, 4.69) is 25.7 Å². The average molecular weight is 240 g/mol. The van der Waals surface area contributed by atoms with Crippen LogP contribution in [-0.2, 0) is 4.79 Å². The van der Waals surface area contributed by atoms with Gasteiger partial charge in [-0.25, -0.2) is 0 Å². The molecule has 0 aromatic rings. The topological polar surface area (TPSA) is 46.3 Å². The molecule has 1 heterocycles. The maximum atomic E-state index is 12.5. The van der Waals surface area contributed by atoms with Gasteiger partial charge in [-0.2, -0.15) is 0 Å². The minimum atomic E-state index is 0.0237. The Labute approximate surface area is 106 Å². The molecule has 0 aromatic carbocycles. The maximum absolute atomic E-state index is 12.5. The number of rotatable bonds is 4. The molecule has 1 rings (SSSR count). The number of nitrogens with zero attached hydrogens (tertiary/aromatic N) is 1. The lowest BCUT2D eigenvalue weighted by molar-refractivity contribution is -0.137. The molecule has 1 aliphatic heterocycles. The highest BCUT2D eigenvalue weighted by atomic mass is 16.2. The first-order valence-electron chi connectivity index (χ1n) is 7.06. The molecular weight excluding hydrogens is 212 g/mol. The van der Waals surface area contributed by atoms with Crippen LogP contribution in [0.25, 0.3) is 0 Å². The average Bonchev–Trinajstić information content (AvgIpc) is 2.49. The molecule has 0 bridgehead atoms. The second kappa shape index (κ2) is 7.00. The standard InChI is InChI=1S/C14H28N2O/c1-11(2)9-13(10-15)14(17)16-8-6-4-5-7-12(16)3/h11-13H,4-10,15H2,1-3H3. The third-order valence-corrected chi connectivity index (χ3v) is 3.73. The molecule has 0 spiro atoms. The first kappa shape index (κ1) is 14.5. The fourth-order valence-electron chi connectivity index (χ4n) is 2.70. The minimum Gasteiger partial charge on any atom is -0.340 e. The van der Waals surface area contributed by atoms with E-state index in [9.17, 15) is 4.79 Å². The second-order valence-electron chi connectivity index (χ2n) is 5.79. The molecule has 1 aliphatic rings. The summed E-state index contributed by atoms with van der Waals surface area (Å²) in [7, 11) is 0. The number of nitrogens with two attached hydrogens (primary N) is 1. The highest BCUT2D eigenvalue weighted by Gasteiger charge is 2.27. The molecule has 3 nitrogen and oxygen atoms in total. The van der Waals surface area contributed by atoms with Crippen LogP contribution in [0.2, 0.25) is 0 Å². The summed E-state index contributed by atoms with van der Waals surface area (Å²) in [5, 5.41) is 0. The Morgan fingerprint density at radius 2 is 2.06 bits per heavy atom. The van der Waals surface area contributed by atoms with Crippen molar-refractivity contribution in [1.29, 1.82) is 0 Å². The Morgan fingerprint density at radius 3 is 2.65 bits per heavy atom. The van der Waals surface area contributed by atoms with Crippen LogP contribution < -0.4 is 5.73 Å². The molecule has 3 heteroatoms. The monoisotopic (exact) mass is 240 g/mol. The van der Waals surface area contributed by atoms with E-state index < -0.39 is 0 Å². The summed E-state index contributed by atoms with van der Waals surface area (Å²) in [6, 6.07) is 0.395. The zero-order valence-electron chi connectivity index (χ0n) is 11.6. The van der Waals surface area contributed by atoms with Gasteiger partial charge in [0.05, 0.1) is 5.92 Å². The number of hydrogen-bond donors (Lipinski definition) is 1. The van der Waals surface area contributed by atoms with Crippen molar-refractivity contribution in [3.8, 4) is 0 Å². The van der Waals surface area contributed by atoms with E-state index in [0.717, 1.165) is 25.8 Å². The fraction of sp³-hybridized carbons (Fsp3) is 0.929. The van der Waals surface area contributed by atoms with Gasteiger partial charge >= 0.3 is 0 Å². The summed E-state index contributed by atoms with van der Waals surface area (Å²) >= 11 is 0. The Kier molecular flexibility index (Phi) is 5.96. The first-order valence-corrected chi connectivity index (χ1v) is 7.06. The van der Waals surface area contributed by atoms with Crippen LogP contribution in [0, 0.1) is 11.8 Å². The van der Waals surface area contributed by atoms with Gasteiger partial charge in [-0.15, -0.1) is 0 Å². The predicted octanol–water partition coefficient (Wildman–Crippen LogP) is 2.40. The summed E-state index contributed by atoms with van der Waals surface area (Å²) in [6.45, 7) is 7.89. The third-order valence-electron chi connectivity index (χ3n) is 3.73. The van der Waals surface area contributed by atoms with E-state index in [0.29, 0.717) is 18.5 Å². The van der Waals surface area contributed by atoms with Crippen LogP contribution in [0.3, 0.4) is 0 Å². The lowest BCUT2D eigenvalue weighted by Gasteiger charge is -2.31. The number of carbonyl (C=O) groups excluding carboxylic acids is 1. The molecule has 100 valence electrons. The summed E-state index contributed by atoms with van der Waals surface area (Å²) in [6.07, 6.45) is 5.71. The summed E-state index contributed by atoms with van der Waals surface area (Å²) in [4.78, 5) is 14.6. The highest BCUT2D eigenvalue weighted by Crippen LogP contribution is 2.21. The summed E-state index contributed by atoms with van der Waals surface area (Å²) in [5.74, 6) is 0.848. The van der Waals surface area contributed by atoms with E-state index in [4.69, 9.17) is 5.73 Å². The van der Waals surface area contributed by atoms with Gasteiger partial charge < -0.3 is 10.6 Å². The predicted molar refractivity (Wildman–Crippen MR) is 71.6 cm³/mol. The van der Waals surface area contributed by atoms with Gasteiger partial charge in [-0.1, -0.05) is 26.7 Å². The largest absolute Gasteiger partial charge is 0.340 e. The van der Waals surface area contributed by atoms with Crippen molar-refractivity contribution in [1.82, 2.24) is 4.90 Å². The van der Waals surface area contributed by atoms with Gasteiger partial charge in [0.2, 0.25) is 5.91 Å². The highest BCUT2D eigenvalue weighted by molar-refractivity contribution is 5.79. The molecule has 0 aliphatic carbocycles. The van der Waals surface area contributed by atoms with Crippen molar-refractivity contribution < 1.29 is 4.79 Å². The van der Waals surface area contributed by atoms with Crippen molar-refractivity contribution in [3.05, 3.63) is 0 Å². The number of carbonyl (C=O) groups is 1. The van der Waals surface area contributed by atoms with Gasteiger partial charge in [0.1, 0.15) is 0 Å². The summed E-state index contributed by atoms with van der Waals surface area (Å²) in [5.41, 5.74) is 5.77. The molecule has 1 amide bonds. The molecule has 0 radical (unpaired) electrons. The van der Waals surface area contributed by atoms with Crippen molar-refractivity contribution in [3.63, 3.8) is 0 Å². The molecule has 17 heavy (non-hydrogen) atoms. The van der Waals surface area contributed by atoms with Crippen molar-refractivity contribution in [2.45, 2.75) is 58.9 Å². The van der Waals surface area contributed by atoms with Gasteiger partial charge in [0.15, 0.2) is 0 Å². The SMILES string of the molecule is CC(C)CC(CN)C(=O)N1CCCCCC1C. The minimum absolute atomic E-state index is 0.0237. The van der Waals surface area contributed by atoms with Crippen LogP contribution >= 0.6 is 0 Å². The van der Waals surface area contributed by atoms with Gasteiger partial charge in [-0.3, -0.25) is 4.79 Å². The van der Waals surface area contributed by atoms with Crippen LogP contribution in [0.1, 0.15) is 52.9 Å². The number of amides is 1. The van der Waals surface area contributed by atoms with Gasteiger partial charge in [-0.05, 0) is 32.1 Å². The Balaban J connectivity index is 2.64. The maximum Gasteiger partial charge on any atom is 0.227 e. The zero-order valence-corrected chi connectivity index (χ0v) is 11.6. The second-order valence-corrected chi connectivity index (χ2v) is 5.79. The van der Waals surface area contributed by atoms with Gasteiger partial charge in [0, 0.05) is 19.1 Å². The Hall–Kier alpha value is -0.570. The lowest BCUT2D eigenvalue weighted by atomic mass is 9.95. The lowest BCUT2D eigenvalue weighted by Crippen LogP contribution is -2.44. The van der Waals surface area contributed by atoms with E-state index in [1.54, 1.807) is 0 Å². The third kappa shape index (κ3) is 4.30. The molecule has 0 aromatic heterocycles. The molecule has 2 N–H and O–H groups in total. The van der Waals surface area contributed by atoms with Crippen LogP contribution in [0.15, 0.2) is 0 Å². The zero-order chi connectivity index (χ0) is 12.8. The molecule has 1 saturated heterocycles. The first-order chi connectivity index (χ1) is 8.06. The Bertz CT molecular complexity index is 240. The molecule has 0 saturated carbocycles. The van der Waals surface area contributed by atoms with E-state index in [1.165, 1.54) is 12.8 Å². The van der Waals surface area contributed by atoms with Crippen molar-refractivity contribution in [2.75, 3.05) is 13.1 Å². The van der Waals surface area contributed by atoms with E-state index in [-0.39, 0.29) is 11.8 Å². The molecule has 2 unspecified atom stereocenters. The molecule has 1 fully saturated rings. The molecule has 2 atom stereocenters.